The fourth-order valence-electron chi connectivity index (χ4n) is 3.22. The molecule has 0 saturated carbocycles. The summed E-state index contributed by atoms with van der Waals surface area (Å²) in [6, 6.07) is 21.0. The van der Waals surface area contributed by atoms with Gasteiger partial charge in [-0.3, -0.25) is 9.48 Å². The summed E-state index contributed by atoms with van der Waals surface area (Å²) in [5, 5.41) is 7.77. The molecule has 0 spiro atoms. The Labute approximate surface area is 200 Å². The van der Waals surface area contributed by atoms with Crippen LogP contribution in [0.15, 0.2) is 83.6 Å². The van der Waals surface area contributed by atoms with Crippen molar-refractivity contribution in [2.75, 3.05) is 5.32 Å². The number of benzene rings is 3. The minimum Gasteiger partial charge on any atom is -0.487 e. The molecule has 3 aromatic carbocycles. The van der Waals surface area contributed by atoms with E-state index >= 15 is 0 Å². The van der Waals surface area contributed by atoms with E-state index in [0.717, 1.165) is 15.6 Å². The van der Waals surface area contributed by atoms with E-state index in [1.807, 2.05) is 36.5 Å². The van der Waals surface area contributed by atoms with Crippen LogP contribution < -0.4 is 10.1 Å². The fourth-order valence-corrected chi connectivity index (χ4v) is 3.95. The number of nitrogens with zero attached hydrogens (tertiary/aromatic N) is 2. The predicted molar refractivity (Wildman–Crippen MR) is 130 cm³/mol. The van der Waals surface area contributed by atoms with Crippen molar-refractivity contribution in [2.45, 2.75) is 20.1 Å². The Balaban J connectivity index is 1.33. The lowest BCUT2D eigenvalue weighted by Crippen LogP contribution is -2.11. The van der Waals surface area contributed by atoms with E-state index in [1.54, 1.807) is 29.1 Å². The van der Waals surface area contributed by atoms with Crippen molar-refractivity contribution in [3.8, 4) is 5.75 Å². The van der Waals surface area contributed by atoms with Gasteiger partial charge in [-0.2, -0.15) is 5.10 Å². The summed E-state index contributed by atoms with van der Waals surface area (Å²) < 4.78 is 8.47. The normalized spacial score (nSPS) is 10.7. The van der Waals surface area contributed by atoms with Crippen molar-refractivity contribution in [3.63, 3.8) is 0 Å². The highest BCUT2D eigenvalue weighted by atomic mass is 79.9. The van der Waals surface area contributed by atoms with Crippen LogP contribution in [0.1, 0.15) is 27.0 Å². The van der Waals surface area contributed by atoms with Gasteiger partial charge in [-0.15, -0.1) is 0 Å². The maximum absolute atomic E-state index is 12.6. The Morgan fingerprint density at radius 3 is 2.66 bits per heavy atom. The molecular formula is C25H21BrClN3O2. The fraction of sp³-hybridized carbons (Fsp3) is 0.120. The van der Waals surface area contributed by atoms with Crippen LogP contribution in [0.3, 0.4) is 0 Å². The van der Waals surface area contributed by atoms with Gasteiger partial charge >= 0.3 is 0 Å². The van der Waals surface area contributed by atoms with Gasteiger partial charge in [0.15, 0.2) is 0 Å². The van der Waals surface area contributed by atoms with Crippen LogP contribution in [-0.4, -0.2) is 15.7 Å². The molecule has 0 aliphatic rings. The number of halogens is 2. The van der Waals surface area contributed by atoms with Crippen molar-refractivity contribution >= 4 is 39.1 Å². The van der Waals surface area contributed by atoms with E-state index in [0.29, 0.717) is 35.2 Å². The second-order valence-electron chi connectivity index (χ2n) is 7.43. The number of hydrogen-bond donors (Lipinski definition) is 1. The first-order valence-corrected chi connectivity index (χ1v) is 11.2. The number of anilines is 1. The number of amides is 1. The Hall–Kier alpha value is -3.09. The van der Waals surface area contributed by atoms with Crippen molar-refractivity contribution in [1.82, 2.24) is 9.78 Å². The van der Waals surface area contributed by atoms with Crippen LogP contribution in [0.2, 0.25) is 5.02 Å². The minimum atomic E-state index is -0.191. The molecule has 0 bridgehead atoms. The average Bonchev–Trinajstić information content (AvgIpc) is 3.20. The smallest absolute Gasteiger partial charge is 0.255 e. The SMILES string of the molecule is Cc1cccc(Cn2cc(NC(=O)c3ccc(COc4ccc(Br)cc4Cl)cc3)cn2)c1. The van der Waals surface area contributed by atoms with E-state index in [-0.39, 0.29) is 5.91 Å². The molecule has 7 heteroatoms. The second kappa shape index (κ2) is 10.0. The zero-order chi connectivity index (χ0) is 22.5. The van der Waals surface area contributed by atoms with Crippen LogP contribution in [-0.2, 0) is 13.2 Å². The van der Waals surface area contributed by atoms with Gasteiger partial charge in [0, 0.05) is 16.2 Å². The number of carbonyl (C=O) groups excluding carboxylic acids is 1. The van der Waals surface area contributed by atoms with Gasteiger partial charge in [0.05, 0.1) is 23.5 Å². The topological polar surface area (TPSA) is 56.2 Å². The zero-order valence-electron chi connectivity index (χ0n) is 17.4. The summed E-state index contributed by atoms with van der Waals surface area (Å²) in [6.07, 6.45) is 3.47. The van der Waals surface area contributed by atoms with Crippen LogP contribution >= 0.6 is 27.5 Å². The van der Waals surface area contributed by atoms with E-state index < -0.39 is 0 Å². The molecule has 0 atom stereocenters. The van der Waals surface area contributed by atoms with Gasteiger partial charge in [-0.1, -0.05) is 69.5 Å². The highest BCUT2D eigenvalue weighted by Gasteiger charge is 2.09. The molecule has 1 amide bonds. The van der Waals surface area contributed by atoms with Gasteiger partial charge in [-0.05, 0) is 48.4 Å². The quantitative estimate of drug-likeness (QED) is 0.309. The number of rotatable bonds is 7. The number of nitrogens with one attached hydrogen (secondary N) is 1. The zero-order valence-corrected chi connectivity index (χ0v) is 19.7. The molecule has 0 saturated heterocycles. The summed E-state index contributed by atoms with van der Waals surface area (Å²) in [7, 11) is 0. The molecule has 4 aromatic rings. The molecule has 4 rings (SSSR count). The largest absolute Gasteiger partial charge is 0.487 e. The molecule has 5 nitrogen and oxygen atoms in total. The first-order valence-electron chi connectivity index (χ1n) is 10.0. The molecule has 0 aliphatic heterocycles. The summed E-state index contributed by atoms with van der Waals surface area (Å²) in [5.41, 5.74) is 4.51. The van der Waals surface area contributed by atoms with Gasteiger partial charge in [0.25, 0.3) is 5.91 Å². The Kier molecular flexibility index (Phi) is 6.93. The lowest BCUT2D eigenvalue weighted by Gasteiger charge is -2.09. The molecule has 1 heterocycles. The molecular weight excluding hydrogens is 490 g/mol. The van der Waals surface area contributed by atoms with Crippen molar-refractivity contribution < 1.29 is 9.53 Å². The van der Waals surface area contributed by atoms with Gasteiger partial charge < -0.3 is 10.1 Å². The maximum atomic E-state index is 12.6. The third-order valence-electron chi connectivity index (χ3n) is 4.82. The second-order valence-corrected chi connectivity index (χ2v) is 8.75. The molecule has 32 heavy (non-hydrogen) atoms. The first kappa shape index (κ1) is 22.1. The van der Waals surface area contributed by atoms with Gasteiger partial charge in [0.1, 0.15) is 12.4 Å². The van der Waals surface area contributed by atoms with Crippen molar-refractivity contribution in [1.29, 1.82) is 0 Å². The van der Waals surface area contributed by atoms with Crippen molar-refractivity contribution in [3.05, 3.63) is 111 Å². The average molecular weight is 511 g/mol. The summed E-state index contributed by atoms with van der Waals surface area (Å²) >= 11 is 9.55. The first-order chi connectivity index (χ1) is 15.5. The van der Waals surface area contributed by atoms with Crippen LogP contribution in [0.4, 0.5) is 5.69 Å². The van der Waals surface area contributed by atoms with E-state index in [2.05, 4.69) is 51.5 Å². The van der Waals surface area contributed by atoms with Crippen molar-refractivity contribution in [2.24, 2.45) is 0 Å². The molecule has 0 aliphatic carbocycles. The van der Waals surface area contributed by atoms with E-state index in [1.165, 1.54) is 5.56 Å². The number of carbonyl (C=O) groups is 1. The van der Waals surface area contributed by atoms with E-state index in [4.69, 9.17) is 16.3 Å². The van der Waals surface area contributed by atoms with Crippen LogP contribution in [0.5, 0.6) is 5.75 Å². The highest BCUT2D eigenvalue weighted by molar-refractivity contribution is 9.10. The van der Waals surface area contributed by atoms with Gasteiger partial charge in [0.2, 0.25) is 0 Å². The minimum absolute atomic E-state index is 0.191. The lowest BCUT2D eigenvalue weighted by molar-refractivity contribution is 0.102. The molecule has 1 N–H and O–H groups in total. The molecule has 0 fully saturated rings. The number of aromatic nitrogens is 2. The summed E-state index contributed by atoms with van der Waals surface area (Å²) in [4.78, 5) is 12.6. The highest BCUT2D eigenvalue weighted by Crippen LogP contribution is 2.28. The predicted octanol–water partition coefficient (Wildman–Crippen LogP) is 6.49. The lowest BCUT2D eigenvalue weighted by atomic mass is 10.1. The summed E-state index contributed by atoms with van der Waals surface area (Å²) in [6.45, 7) is 3.06. The Morgan fingerprint density at radius 2 is 1.91 bits per heavy atom. The Bertz CT molecular complexity index is 1240. The van der Waals surface area contributed by atoms with Gasteiger partial charge in [-0.25, -0.2) is 0 Å². The van der Waals surface area contributed by atoms with E-state index in [9.17, 15) is 4.79 Å². The number of aryl methyl sites for hydroxylation is 1. The maximum Gasteiger partial charge on any atom is 0.255 e. The monoisotopic (exact) mass is 509 g/mol. The number of ether oxygens (including phenoxy) is 1. The van der Waals surface area contributed by atoms with Crippen LogP contribution in [0.25, 0.3) is 0 Å². The molecule has 1 aromatic heterocycles. The molecule has 0 unspecified atom stereocenters. The standard InChI is InChI=1S/C25H21BrClN3O2/c1-17-3-2-4-19(11-17)14-30-15-22(13-28-30)29-25(31)20-7-5-18(6-8-20)16-32-24-10-9-21(26)12-23(24)27/h2-13,15H,14,16H2,1H3,(H,29,31). The number of hydrogen-bond acceptors (Lipinski definition) is 3. The summed E-state index contributed by atoms with van der Waals surface area (Å²) in [5.74, 6) is 0.419. The van der Waals surface area contributed by atoms with Crippen LogP contribution in [0, 0.1) is 6.92 Å². The molecule has 162 valence electrons. The third-order valence-corrected chi connectivity index (χ3v) is 5.61. The third kappa shape index (κ3) is 5.78. The Morgan fingerprint density at radius 1 is 1.09 bits per heavy atom. The molecule has 0 radical (unpaired) electrons.